The summed E-state index contributed by atoms with van der Waals surface area (Å²) in [7, 11) is 0. The van der Waals surface area contributed by atoms with E-state index in [1.165, 1.54) is 11.3 Å². The molecule has 1 aromatic rings. The molecular weight excluding hydrogens is 314 g/mol. The number of nitrogens with zero attached hydrogens (tertiary/aromatic N) is 1. The second-order valence-electron chi connectivity index (χ2n) is 7.09. The molecule has 1 N–H and O–H groups in total. The van der Waals surface area contributed by atoms with Gasteiger partial charge in [-0.1, -0.05) is 30.3 Å². The van der Waals surface area contributed by atoms with E-state index in [-0.39, 0.29) is 12.4 Å². The van der Waals surface area contributed by atoms with E-state index in [0.29, 0.717) is 25.1 Å². The molecule has 4 nitrogen and oxygen atoms in total. The van der Waals surface area contributed by atoms with Crippen molar-refractivity contribution in [2.24, 2.45) is 0 Å². The Labute approximate surface area is 150 Å². The molecule has 1 saturated heterocycles. The second kappa shape index (κ2) is 9.16. The lowest BCUT2D eigenvalue weighted by Gasteiger charge is -2.35. The molecule has 1 aliphatic heterocycles. The van der Waals surface area contributed by atoms with Gasteiger partial charge in [0, 0.05) is 43.5 Å². The number of carbonyl (C=O) groups excluding carboxylic acids is 1. The Morgan fingerprint density at radius 2 is 1.84 bits per heavy atom. The fourth-order valence-corrected chi connectivity index (χ4v) is 4.11. The van der Waals surface area contributed by atoms with E-state index in [9.17, 15) is 9.90 Å². The van der Waals surface area contributed by atoms with E-state index in [4.69, 9.17) is 4.74 Å². The van der Waals surface area contributed by atoms with Gasteiger partial charge in [0.25, 0.3) is 0 Å². The third kappa shape index (κ3) is 4.93. The second-order valence-corrected chi connectivity index (χ2v) is 7.09. The highest BCUT2D eigenvalue weighted by Gasteiger charge is 2.34. The summed E-state index contributed by atoms with van der Waals surface area (Å²) < 4.78 is 5.87. The van der Waals surface area contributed by atoms with Crippen molar-refractivity contribution in [3.05, 3.63) is 47.7 Å². The van der Waals surface area contributed by atoms with Crippen molar-refractivity contribution in [1.82, 2.24) is 4.90 Å². The Hall–Kier alpha value is -1.65. The Kier molecular flexibility index (Phi) is 6.65. The van der Waals surface area contributed by atoms with Gasteiger partial charge in [0.05, 0.1) is 6.61 Å². The molecule has 0 radical (unpaired) electrons. The number of ether oxygens (including phenoxy) is 1. The number of aliphatic hydroxyl groups is 1. The van der Waals surface area contributed by atoms with Gasteiger partial charge >= 0.3 is 0 Å². The highest BCUT2D eigenvalue weighted by molar-refractivity contribution is 5.91. The zero-order valence-corrected chi connectivity index (χ0v) is 14.9. The predicted octanol–water partition coefficient (Wildman–Crippen LogP) is 3.45. The summed E-state index contributed by atoms with van der Waals surface area (Å²) in [5.41, 5.74) is 2.38. The lowest BCUT2D eigenvalue weighted by molar-refractivity contribution is -0.115. The average Bonchev–Trinajstić information content (AvgIpc) is 3.03. The van der Waals surface area contributed by atoms with Crippen LogP contribution in [0.1, 0.15) is 50.5 Å². The minimum absolute atomic E-state index is 0.208. The van der Waals surface area contributed by atoms with E-state index in [1.807, 2.05) is 24.3 Å². The molecule has 2 atom stereocenters. The third-order valence-corrected chi connectivity index (χ3v) is 5.30. The number of likely N-dealkylation sites (tertiary alicyclic amines) is 1. The SMILES string of the molecule is O=C1C=C(N2[C@H](CCOCc3ccccc3)CC[C@@H]2CCO)CCC1. The number of rotatable bonds is 8. The molecule has 0 aromatic heterocycles. The maximum Gasteiger partial charge on any atom is 0.157 e. The van der Waals surface area contributed by atoms with Crippen molar-refractivity contribution < 1.29 is 14.6 Å². The fourth-order valence-electron chi connectivity index (χ4n) is 4.11. The molecule has 4 heteroatoms. The van der Waals surface area contributed by atoms with Crippen LogP contribution in [0.15, 0.2) is 42.1 Å². The Balaban J connectivity index is 1.56. The molecule has 25 heavy (non-hydrogen) atoms. The first-order chi connectivity index (χ1) is 12.3. The van der Waals surface area contributed by atoms with Gasteiger partial charge in [0.15, 0.2) is 5.78 Å². The maximum absolute atomic E-state index is 11.8. The Morgan fingerprint density at radius 3 is 2.56 bits per heavy atom. The van der Waals surface area contributed by atoms with Crippen LogP contribution in [-0.4, -0.2) is 41.1 Å². The zero-order valence-electron chi connectivity index (χ0n) is 14.9. The average molecular weight is 343 g/mol. The van der Waals surface area contributed by atoms with Crippen molar-refractivity contribution in [2.75, 3.05) is 13.2 Å². The summed E-state index contributed by atoms with van der Waals surface area (Å²) in [6.45, 7) is 1.58. The number of benzene rings is 1. The molecule has 0 saturated carbocycles. The van der Waals surface area contributed by atoms with Crippen molar-refractivity contribution in [1.29, 1.82) is 0 Å². The van der Waals surface area contributed by atoms with Gasteiger partial charge in [-0.25, -0.2) is 0 Å². The van der Waals surface area contributed by atoms with E-state index in [0.717, 1.165) is 45.1 Å². The quantitative estimate of drug-likeness (QED) is 0.735. The Bertz CT molecular complexity index is 584. The van der Waals surface area contributed by atoms with Crippen LogP contribution >= 0.6 is 0 Å². The van der Waals surface area contributed by atoms with E-state index in [1.54, 1.807) is 0 Å². The summed E-state index contributed by atoms with van der Waals surface area (Å²) >= 11 is 0. The molecule has 1 aromatic carbocycles. The monoisotopic (exact) mass is 343 g/mol. The molecular formula is C21H29NO3. The van der Waals surface area contributed by atoms with Crippen LogP contribution in [0.3, 0.4) is 0 Å². The topological polar surface area (TPSA) is 49.8 Å². The van der Waals surface area contributed by atoms with E-state index >= 15 is 0 Å². The van der Waals surface area contributed by atoms with Crippen LogP contribution in [0.4, 0.5) is 0 Å². The van der Waals surface area contributed by atoms with Gasteiger partial charge in [-0.05, 0) is 44.1 Å². The van der Waals surface area contributed by atoms with Crippen molar-refractivity contribution in [2.45, 2.75) is 63.6 Å². The van der Waals surface area contributed by atoms with E-state index in [2.05, 4.69) is 17.0 Å². The van der Waals surface area contributed by atoms with Crippen LogP contribution in [0.2, 0.25) is 0 Å². The van der Waals surface area contributed by atoms with Gasteiger partial charge in [-0.15, -0.1) is 0 Å². The summed E-state index contributed by atoms with van der Waals surface area (Å²) in [5.74, 6) is 0.245. The highest BCUT2D eigenvalue weighted by atomic mass is 16.5. The molecule has 0 bridgehead atoms. The molecule has 1 fully saturated rings. The largest absolute Gasteiger partial charge is 0.396 e. The van der Waals surface area contributed by atoms with Crippen LogP contribution in [0.5, 0.6) is 0 Å². The van der Waals surface area contributed by atoms with Crippen LogP contribution in [-0.2, 0) is 16.1 Å². The van der Waals surface area contributed by atoms with Crippen LogP contribution in [0, 0.1) is 0 Å². The summed E-state index contributed by atoms with van der Waals surface area (Å²) in [4.78, 5) is 14.3. The standard InChI is InChI=1S/C21H29NO3/c23-13-11-18-9-10-19(22(18)20-7-4-8-21(24)15-20)12-14-25-16-17-5-2-1-3-6-17/h1-3,5-6,15,18-19,23H,4,7-14,16H2/t18-,19+/m1/s1. The first-order valence-corrected chi connectivity index (χ1v) is 9.52. The van der Waals surface area contributed by atoms with Crippen LogP contribution < -0.4 is 0 Å². The normalized spacial score (nSPS) is 23.8. The summed E-state index contributed by atoms with van der Waals surface area (Å²) in [6, 6.07) is 11.0. The van der Waals surface area contributed by atoms with Crippen LogP contribution in [0.25, 0.3) is 0 Å². The Morgan fingerprint density at radius 1 is 1.08 bits per heavy atom. The van der Waals surface area contributed by atoms with Gasteiger partial charge < -0.3 is 14.7 Å². The highest BCUT2D eigenvalue weighted by Crippen LogP contribution is 2.35. The number of hydrogen-bond donors (Lipinski definition) is 1. The minimum Gasteiger partial charge on any atom is -0.396 e. The number of carbonyl (C=O) groups is 1. The summed E-state index contributed by atoms with van der Waals surface area (Å²) in [6.07, 6.45) is 8.41. The molecule has 1 aliphatic carbocycles. The minimum atomic E-state index is 0.208. The van der Waals surface area contributed by atoms with E-state index < -0.39 is 0 Å². The van der Waals surface area contributed by atoms with Gasteiger partial charge in [0.1, 0.15) is 0 Å². The lowest BCUT2D eigenvalue weighted by Crippen LogP contribution is -2.37. The van der Waals surface area contributed by atoms with Gasteiger partial charge in [-0.2, -0.15) is 0 Å². The first kappa shape index (κ1) is 18.2. The fraction of sp³-hybridized carbons (Fsp3) is 0.571. The van der Waals surface area contributed by atoms with Crippen molar-refractivity contribution >= 4 is 5.78 Å². The molecule has 136 valence electrons. The molecule has 0 amide bonds. The number of aliphatic hydroxyl groups excluding tert-OH is 1. The summed E-state index contributed by atoms with van der Waals surface area (Å²) in [5, 5.41) is 9.38. The van der Waals surface area contributed by atoms with Gasteiger partial charge in [-0.3, -0.25) is 4.79 Å². The molecule has 1 heterocycles. The molecule has 0 spiro atoms. The molecule has 3 rings (SSSR count). The number of hydrogen-bond acceptors (Lipinski definition) is 4. The lowest BCUT2D eigenvalue weighted by atomic mass is 10.0. The first-order valence-electron chi connectivity index (χ1n) is 9.52. The third-order valence-electron chi connectivity index (χ3n) is 5.30. The van der Waals surface area contributed by atoms with Crippen molar-refractivity contribution in [3.8, 4) is 0 Å². The number of allylic oxidation sites excluding steroid dienone is 2. The van der Waals surface area contributed by atoms with Gasteiger partial charge in [0.2, 0.25) is 0 Å². The zero-order chi connectivity index (χ0) is 17.5. The maximum atomic E-state index is 11.8. The predicted molar refractivity (Wildman–Crippen MR) is 98.0 cm³/mol. The molecule has 2 aliphatic rings. The molecule has 0 unspecified atom stereocenters. The number of ketones is 1. The smallest absolute Gasteiger partial charge is 0.157 e. The van der Waals surface area contributed by atoms with Crippen molar-refractivity contribution in [3.63, 3.8) is 0 Å².